The van der Waals surface area contributed by atoms with E-state index >= 15 is 0 Å². The lowest BCUT2D eigenvalue weighted by Crippen LogP contribution is -2.30. The van der Waals surface area contributed by atoms with Crippen molar-refractivity contribution in [3.05, 3.63) is 0 Å². The molecule has 0 spiro atoms. The molecule has 68 valence electrons. The van der Waals surface area contributed by atoms with Crippen LogP contribution in [0.25, 0.3) is 0 Å². The molecule has 0 rings (SSSR count). The Morgan fingerprint density at radius 3 is 2.55 bits per heavy atom. The number of hydrogen-bond donors (Lipinski definition) is 3. The minimum atomic E-state index is -4.03. The first kappa shape index (κ1) is 10.8. The van der Waals surface area contributed by atoms with Crippen molar-refractivity contribution in [2.24, 2.45) is 5.73 Å². The second-order valence-corrected chi connectivity index (χ2v) is 3.93. The third kappa shape index (κ3) is 5.14. The van der Waals surface area contributed by atoms with Crippen molar-refractivity contribution in [2.75, 3.05) is 13.6 Å². The van der Waals surface area contributed by atoms with Crippen LogP contribution in [0.15, 0.2) is 0 Å². The largest absolute Gasteiger partial charge is 0.320 e. The topological polar surface area (TPSA) is 92.4 Å². The van der Waals surface area contributed by atoms with E-state index in [4.69, 9.17) is 10.3 Å². The number of hydrogen-bond acceptors (Lipinski definition) is 4. The summed E-state index contributed by atoms with van der Waals surface area (Å²) in [5.74, 6) is 0. The molecular formula is C5H14N2O3S. The van der Waals surface area contributed by atoms with Gasteiger partial charge in [0.15, 0.2) is 0 Å². The van der Waals surface area contributed by atoms with Crippen molar-refractivity contribution in [2.45, 2.75) is 18.2 Å². The minimum absolute atomic E-state index is 0.277. The molecule has 0 fully saturated rings. The van der Waals surface area contributed by atoms with E-state index in [-0.39, 0.29) is 6.42 Å². The molecule has 0 aromatic carbocycles. The average Bonchev–Trinajstić information content (AvgIpc) is 1.86. The smallest absolute Gasteiger partial charge is 0.280 e. The van der Waals surface area contributed by atoms with Crippen LogP contribution in [0.4, 0.5) is 0 Å². The first-order valence-corrected chi connectivity index (χ1v) is 4.85. The maximum atomic E-state index is 10.3. The van der Waals surface area contributed by atoms with Gasteiger partial charge in [0.05, 0.1) is 0 Å². The highest BCUT2D eigenvalue weighted by Crippen LogP contribution is 1.99. The van der Waals surface area contributed by atoms with E-state index in [0.29, 0.717) is 13.0 Å². The molecule has 0 amide bonds. The van der Waals surface area contributed by atoms with Gasteiger partial charge >= 0.3 is 0 Å². The van der Waals surface area contributed by atoms with Gasteiger partial charge in [-0.15, -0.1) is 0 Å². The molecule has 0 saturated heterocycles. The van der Waals surface area contributed by atoms with Gasteiger partial charge in [-0.1, -0.05) is 0 Å². The summed E-state index contributed by atoms with van der Waals surface area (Å²) in [4.78, 5) is 0. The van der Waals surface area contributed by atoms with E-state index in [2.05, 4.69) is 5.32 Å². The summed E-state index contributed by atoms with van der Waals surface area (Å²) in [6.45, 7) is 0.698. The molecule has 0 aromatic heterocycles. The van der Waals surface area contributed by atoms with Crippen molar-refractivity contribution in [3.8, 4) is 0 Å². The van der Waals surface area contributed by atoms with Crippen LogP contribution in [-0.4, -0.2) is 31.9 Å². The summed E-state index contributed by atoms with van der Waals surface area (Å²) in [6.07, 6.45) is 0.914. The Kier molecular flexibility index (Phi) is 4.58. The molecule has 6 heteroatoms. The van der Waals surface area contributed by atoms with Gasteiger partial charge in [0, 0.05) is 0 Å². The van der Waals surface area contributed by atoms with Crippen LogP contribution in [0.1, 0.15) is 12.8 Å². The number of rotatable bonds is 5. The van der Waals surface area contributed by atoms with Gasteiger partial charge in [0.25, 0.3) is 10.1 Å². The standard InChI is InChI=1S/C5H14N2O3S/c1-7-4-2-3-5(6)11(8,9)10/h5,7H,2-4,6H2,1H3,(H,8,9,10). The number of nitrogens with one attached hydrogen (secondary N) is 1. The fourth-order valence-electron chi connectivity index (χ4n) is 0.629. The summed E-state index contributed by atoms with van der Waals surface area (Å²) in [6, 6.07) is 0. The monoisotopic (exact) mass is 182 g/mol. The molecule has 0 bridgehead atoms. The highest BCUT2D eigenvalue weighted by atomic mass is 32.2. The van der Waals surface area contributed by atoms with Gasteiger partial charge in [-0.25, -0.2) is 0 Å². The third-order valence-corrected chi connectivity index (χ3v) is 2.30. The normalized spacial score (nSPS) is 14.8. The zero-order chi connectivity index (χ0) is 8.91. The SMILES string of the molecule is CNCCCC(N)S(=O)(=O)O. The van der Waals surface area contributed by atoms with E-state index in [1.54, 1.807) is 7.05 Å². The van der Waals surface area contributed by atoms with Crippen LogP contribution < -0.4 is 11.1 Å². The highest BCUT2D eigenvalue weighted by molar-refractivity contribution is 7.86. The van der Waals surface area contributed by atoms with Crippen molar-refractivity contribution in [1.82, 2.24) is 5.32 Å². The van der Waals surface area contributed by atoms with Crippen LogP contribution in [0.3, 0.4) is 0 Å². The molecule has 0 aliphatic carbocycles. The first-order chi connectivity index (χ1) is 4.98. The van der Waals surface area contributed by atoms with Gasteiger partial charge in [0.1, 0.15) is 5.37 Å². The van der Waals surface area contributed by atoms with E-state index in [9.17, 15) is 8.42 Å². The lowest BCUT2D eigenvalue weighted by atomic mass is 10.3. The Bertz CT molecular complexity index is 190. The average molecular weight is 182 g/mol. The molecule has 1 atom stereocenters. The van der Waals surface area contributed by atoms with Gasteiger partial charge in [0.2, 0.25) is 0 Å². The van der Waals surface area contributed by atoms with Crippen LogP contribution in [0.5, 0.6) is 0 Å². The predicted octanol–water partition coefficient (Wildman–Crippen LogP) is -0.841. The highest BCUT2D eigenvalue weighted by Gasteiger charge is 2.16. The van der Waals surface area contributed by atoms with E-state index in [0.717, 1.165) is 0 Å². The predicted molar refractivity (Wildman–Crippen MR) is 42.7 cm³/mol. The summed E-state index contributed by atoms with van der Waals surface area (Å²) in [7, 11) is -2.27. The second-order valence-electron chi connectivity index (χ2n) is 2.30. The zero-order valence-electron chi connectivity index (χ0n) is 6.45. The Morgan fingerprint density at radius 1 is 1.64 bits per heavy atom. The molecule has 0 heterocycles. The second kappa shape index (κ2) is 4.66. The van der Waals surface area contributed by atoms with E-state index in [1.165, 1.54) is 0 Å². The summed E-state index contributed by atoms with van der Waals surface area (Å²) in [5.41, 5.74) is 5.13. The van der Waals surface area contributed by atoms with Gasteiger partial charge in [-0.05, 0) is 26.4 Å². The van der Waals surface area contributed by atoms with Crippen LogP contribution in [0, 0.1) is 0 Å². The van der Waals surface area contributed by atoms with E-state index < -0.39 is 15.5 Å². The van der Waals surface area contributed by atoms with E-state index in [1.807, 2.05) is 0 Å². The number of nitrogens with two attached hydrogens (primary N) is 1. The Labute approximate surface area is 66.7 Å². The molecule has 11 heavy (non-hydrogen) atoms. The summed E-state index contributed by atoms with van der Waals surface area (Å²) in [5, 5.41) is 1.70. The Morgan fingerprint density at radius 2 is 2.18 bits per heavy atom. The van der Waals surface area contributed by atoms with Gasteiger partial charge in [-0.3, -0.25) is 4.55 Å². The van der Waals surface area contributed by atoms with Crippen molar-refractivity contribution in [3.63, 3.8) is 0 Å². The van der Waals surface area contributed by atoms with Crippen LogP contribution in [0.2, 0.25) is 0 Å². The maximum absolute atomic E-state index is 10.3. The van der Waals surface area contributed by atoms with Gasteiger partial charge < -0.3 is 11.1 Å². The third-order valence-electron chi connectivity index (χ3n) is 1.30. The van der Waals surface area contributed by atoms with Crippen molar-refractivity contribution >= 4 is 10.1 Å². The molecular weight excluding hydrogens is 168 g/mol. The maximum Gasteiger partial charge on any atom is 0.280 e. The molecule has 5 nitrogen and oxygen atoms in total. The van der Waals surface area contributed by atoms with Gasteiger partial charge in [-0.2, -0.15) is 8.42 Å². The fourth-order valence-corrected chi connectivity index (χ4v) is 1.09. The minimum Gasteiger partial charge on any atom is -0.320 e. The Balaban J connectivity index is 3.62. The first-order valence-electron chi connectivity index (χ1n) is 3.35. The molecule has 0 saturated carbocycles. The quantitative estimate of drug-likeness (QED) is 0.381. The zero-order valence-corrected chi connectivity index (χ0v) is 7.26. The lowest BCUT2D eigenvalue weighted by Gasteiger charge is -2.06. The molecule has 4 N–H and O–H groups in total. The molecule has 0 aromatic rings. The summed E-state index contributed by atoms with van der Waals surface area (Å²) < 4.78 is 29.1. The molecule has 0 aliphatic rings. The molecule has 1 unspecified atom stereocenters. The fraction of sp³-hybridized carbons (Fsp3) is 1.00. The van der Waals surface area contributed by atoms with Crippen molar-refractivity contribution < 1.29 is 13.0 Å². The lowest BCUT2D eigenvalue weighted by molar-refractivity contribution is 0.460. The van der Waals surface area contributed by atoms with Crippen LogP contribution >= 0.6 is 0 Å². The summed E-state index contributed by atoms with van der Waals surface area (Å²) >= 11 is 0. The molecule has 0 aliphatic heterocycles. The van der Waals surface area contributed by atoms with Crippen molar-refractivity contribution in [1.29, 1.82) is 0 Å². The Hall–Kier alpha value is -0.170. The molecule has 0 radical (unpaired) electrons. The van der Waals surface area contributed by atoms with Crippen LogP contribution in [-0.2, 0) is 10.1 Å².